The van der Waals surface area contributed by atoms with Gasteiger partial charge in [0.2, 0.25) is 5.89 Å². The number of hydrogen-bond donors (Lipinski definition) is 1. The lowest BCUT2D eigenvalue weighted by molar-refractivity contribution is 0.151. The summed E-state index contributed by atoms with van der Waals surface area (Å²) in [7, 11) is 0. The molecule has 1 aliphatic carbocycles. The van der Waals surface area contributed by atoms with Gasteiger partial charge in [-0.1, -0.05) is 25.4 Å². The monoisotopic (exact) mass is 210 g/mol. The van der Waals surface area contributed by atoms with Gasteiger partial charge in [-0.05, 0) is 19.3 Å². The van der Waals surface area contributed by atoms with E-state index in [4.69, 9.17) is 4.52 Å². The van der Waals surface area contributed by atoms with Crippen LogP contribution < -0.4 is 0 Å². The van der Waals surface area contributed by atoms with Crippen molar-refractivity contribution >= 4 is 0 Å². The first kappa shape index (κ1) is 10.6. The molecule has 1 saturated carbocycles. The lowest BCUT2D eigenvalue weighted by atomic mass is 10.1. The number of rotatable bonds is 5. The molecule has 0 radical (unpaired) electrons. The molecule has 1 N–H and O–H groups in total. The summed E-state index contributed by atoms with van der Waals surface area (Å²) < 4.78 is 5.13. The third-order valence-corrected chi connectivity index (χ3v) is 3.04. The van der Waals surface area contributed by atoms with Crippen molar-refractivity contribution in [3.05, 3.63) is 11.7 Å². The van der Waals surface area contributed by atoms with Crippen molar-refractivity contribution in [2.75, 3.05) is 0 Å². The zero-order chi connectivity index (χ0) is 10.9. The standard InChI is InChI=1S/C11H18N2O2/c1-3-4-8(14)7-9-12-10(13-15-9)11(2)5-6-11/h8,14H,3-7H2,1-2H3. The molecule has 15 heavy (non-hydrogen) atoms. The first-order chi connectivity index (χ1) is 7.14. The summed E-state index contributed by atoms with van der Waals surface area (Å²) in [4.78, 5) is 4.33. The molecule has 4 heteroatoms. The topological polar surface area (TPSA) is 59.2 Å². The zero-order valence-corrected chi connectivity index (χ0v) is 9.36. The number of hydrogen-bond acceptors (Lipinski definition) is 4. The molecule has 0 aromatic carbocycles. The maximum absolute atomic E-state index is 9.60. The SMILES string of the molecule is CCCC(O)Cc1nc(C2(C)CC2)no1. The smallest absolute Gasteiger partial charge is 0.229 e. The summed E-state index contributed by atoms with van der Waals surface area (Å²) in [5.41, 5.74) is 0.150. The van der Waals surface area contributed by atoms with E-state index in [9.17, 15) is 5.11 Å². The second-order valence-electron chi connectivity index (χ2n) is 4.72. The van der Waals surface area contributed by atoms with Gasteiger partial charge in [-0.25, -0.2) is 0 Å². The van der Waals surface area contributed by atoms with Crippen LogP contribution in [0.3, 0.4) is 0 Å². The van der Waals surface area contributed by atoms with E-state index < -0.39 is 0 Å². The van der Waals surface area contributed by atoms with Crippen molar-refractivity contribution in [3.63, 3.8) is 0 Å². The summed E-state index contributed by atoms with van der Waals surface area (Å²) in [6.07, 6.45) is 4.17. The minimum absolute atomic E-state index is 0.150. The molecule has 2 rings (SSSR count). The lowest BCUT2D eigenvalue weighted by Gasteiger charge is -2.04. The predicted octanol–water partition coefficient (Wildman–Crippen LogP) is 1.82. The minimum atomic E-state index is -0.352. The number of aliphatic hydroxyl groups excluding tert-OH is 1. The average Bonchev–Trinajstić information content (AvgIpc) is 2.77. The first-order valence-corrected chi connectivity index (χ1v) is 5.65. The van der Waals surface area contributed by atoms with Gasteiger partial charge in [0.05, 0.1) is 12.5 Å². The molecular weight excluding hydrogens is 192 g/mol. The van der Waals surface area contributed by atoms with Gasteiger partial charge in [-0.3, -0.25) is 0 Å². The second kappa shape index (κ2) is 3.93. The molecule has 1 unspecified atom stereocenters. The Morgan fingerprint density at radius 3 is 2.87 bits per heavy atom. The molecule has 1 aliphatic rings. The normalized spacial score (nSPS) is 20.2. The summed E-state index contributed by atoms with van der Waals surface area (Å²) in [5, 5.41) is 13.6. The van der Waals surface area contributed by atoms with E-state index in [-0.39, 0.29) is 11.5 Å². The highest BCUT2D eigenvalue weighted by Gasteiger charge is 2.43. The summed E-state index contributed by atoms with van der Waals surface area (Å²) in [5.74, 6) is 1.38. The van der Waals surface area contributed by atoms with Crippen LogP contribution in [0.15, 0.2) is 4.52 Å². The lowest BCUT2D eigenvalue weighted by Crippen LogP contribution is -2.10. The molecule has 0 aliphatic heterocycles. The number of aliphatic hydroxyl groups is 1. The van der Waals surface area contributed by atoms with Crippen LogP contribution >= 0.6 is 0 Å². The van der Waals surface area contributed by atoms with E-state index >= 15 is 0 Å². The Labute approximate surface area is 89.7 Å². The van der Waals surface area contributed by atoms with Crippen LogP contribution in [0.25, 0.3) is 0 Å². The Morgan fingerprint density at radius 2 is 2.27 bits per heavy atom. The Balaban J connectivity index is 1.95. The van der Waals surface area contributed by atoms with Crippen molar-refractivity contribution in [2.45, 2.75) is 57.5 Å². The fourth-order valence-electron chi connectivity index (χ4n) is 1.63. The molecule has 1 aromatic rings. The van der Waals surface area contributed by atoms with Gasteiger partial charge in [0.15, 0.2) is 5.82 Å². The Morgan fingerprint density at radius 1 is 1.53 bits per heavy atom. The molecule has 1 atom stereocenters. The molecule has 0 amide bonds. The van der Waals surface area contributed by atoms with Crippen molar-refractivity contribution in [1.82, 2.24) is 10.1 Å². The van der Waals surface area contributed by atoms with Crippen LogP contribution in [-0.2, 0) is 11.8 Å². The average molecular weight is 210 g/mol. The van der Waals surface area contributed by atoms with Crippen LogP contribution in [0.4, 0.5) is 0 Å². The van der Waals surface area contributed by atoms with Crippen molar-refractivity contribution in [1.29, 1.82) is 0 Å². The van der Waals surface area contributed by atoms with Crippen LogP contribution in [0, 0.1) is 0 Å². The van der Waals surface area contributed by atoms with E-state index in [0.29, 0.717) is 12.3 Å². The van der Waals surface area contributed by atoms with Gasteiger partial charge in [0.25, 0.3) is 0 Å². The zero-order valence-electron chi connectivity index (χ0n) is 9.36. The van der Waals surface area contributed by atoms with Gasteiger partial charge in [-0.15, -0.1) is 0 Å². The van der Waals surface area contributed by atoms with Crippen molar-refractivity contribution < 1.29 is 9.63 Å². The molecule has 0 spiro atoms. The number of aromatic nitrogens is 2. The second-order valence-corrected chi connectivity index (χ2v) is 4.72. The van der Waals surface area contributed by atoms with Gasteiger partial charge < -0.3 is 9.63 Å². The molecule has 4 nitrogen and oxygen atoms in total. The largest absolute Gasteiger partial charge is 0.393 e. The van der Waals surface area contributed by atoms with E-state index in [1.54, 1.807) is 0 Å². The fourth-order valence-corrected chi connectivity index (χ4v) is 1.63. The molecule has 0 bridgehead atoms. The molecule has 1 aromatic heterocycles. The summed E-state index contributed by atoms with van der Waals surface area (Å²) in [6.45, 7) is 4.19. The van der Waals surface area contributed by atoms with E-state index in [1.165, 1.54) is 0 Å². The number of nitrogens with zero attached hydrogens (tertiary/aromatic N) is 2. The van der Waals surface area contributed by atoms with Gasteiger partial charge >= 0.3 is 0 Å². The molecular formula is C11H18N2O2. The summed E-state index contributed by atoms with van der Waals surface area (Å²) >= 11 is 0. The van der Waals surface area contributed by atoms with Gasteiger partial charge in [0.1, 0.15) is 0 Å². The highest BCUT2D eigenvalue weighted by molar-refractivity contribution is 5.14. The fraction of sp³-hybridized carbons (Fsp3) is 0.818. The van der Waals surface area contributed by atoms with Crippen LogP contribution in [0.2, 0.25) is 0 Å². The van der Waals surface area contributed by atoms with Crippen molar-refractivity contribution in [2.24, 2.45) is 0 Å². The third-order valence-electron chi connectivity index (χ3n) is 3.04. The third kappa shape index (κ3) is 2.37. The summed E-state index contributed by atoms with van der Waals surface area (Å²) in [6, 6.07) is 0. The molecule has 84 valence electrons. The molecule has 0 saturated heterocycles. The Hall–Kier alpha value is -0.900. The highest BCUT2D eigenvalue weighted by Crippen LogP contribution is 2.45. The van der Waals surface area contributed by atoms with Gasteiger partial charge in [0, 0.05) is 5.41 Å². The predicted molar refractivity (Wildman–Crippen MR) is 55.5 cm³/mol. The van der Waals surface area contributed by atoms with Gasteiger partial charge in [-0.2, -0.15) is 4.98 Å². The minimum Gasteiger partial charge on any atom is -0.393 e. The van der Waals surface area contributed by atoms with E-state index in [0.717, 1.165) is 31.5 Å². The maximum Gasteiger partial charge on any atom is 0.229 e. The Bertz CT molecular complexity index is 331. The van der Waals surface area contributed by atoms with Crippen LogP contribution in [-0.4, -0.2) is 21.4 Å². The van der Waals surface area contributed by atoms with Crippen LogP contribution in [0.1, 0.15) is 51.2 Å². The van der Waals surface area contributed by atoms with E-state index in [2.05, 4.69) is 17.1 Å². The Kier molecular flexibility index (Phi) is 2.78. The quantitative estimate of drug-likeness (QED) is 0.805. The molecule has 1 fully saturated rings. The first-order valence-electron chi connectivity index (χ1n) is 5.65. The van der Waals surface area contributed by atoms with Crippen LogP contribution in [0.5, 0.6) is 0 Å². The van der Waals surface area contributed by atoms with E-state index in [1.807, 2.05) is 6.92 Å². The van der Waals surface area contributed by atoms with Crippen molar-refractivity contribution in [3.8, 4) is 0 Å². The highest BCUT2D eigenvalue weighted by atomic mass is 16.5. The molecule has 1 heterocycles. The maximum atomic E-state index is 9.60.